The monoisotopic (exact) mass is 395 g/mol. The van der Waals surface area contributed by atoms with E-state index in [0.29, 0.717) is 36.0 Å². The van der Waals surface area contributed by atoms with Crippen LogP contribution < -0.4 is 25.0 Å². The van der Waals surface area contributed by atoms with Gasteiger partial charge in [-0.05, 0) is 42.0 Å². The summed E-state index contributed by atoms with van der Waals surface area (Å²) in [6.07, 6.45) is 0.167. The van der Waals surface area contributed by atoms with Crippen LogP contribution in [-0.4, -0.2) is 31.1 Å². The standard InChI is InChI=1S/C21H21N3O5/c1-13(25)23-16-3-5-17(6-4-16)24-11-15(9-20(24)26)21(27)22-10-14-2-7-18-19(8-14)29-12-28-18/h2-8,15H,9-12H2,1H3,(H,22,27)(H,23,25). The largest absolute Gasteiger partial charge is 0.454 e. The molecule has 4 rings (SSSR count). The Labute approximate surface area is 167 Å². The summed E-state index contributed by atoms with van der Waals surface area (Å²) in [6, 6.07) is 12.5. The van der Waals surface area contributed by atoms with Gasteiger partial charge < -0.3 is 25.0 Å². The zero-order valence-electron chi connectivity index (χ0n) is 15.9. The molecule has 2 aromatic carbocycles. The highest BCUT2D eigenvalue weighted by Crippen LogP contribution is 2.32. The molecule has 2 aliphatic rings. The van der Waals surface area contributed by atoms with Crippen molar-refractivity contribution in [2.45, 2.75) is 19.9 Å². The summed E-state index contributed by atoms with van der Waals surface area (Å²) < 4.78 is 10.6. The molecular weight excluding hydrogens is 374 g/mol. The third-order valence-corrected chi connectivity index (χ3v) is 4.90. The van der Waals surface area contributed by atoms with E-state index in [2.05, 4.69) is 10.6 Å². The van der Waals surface area contributed by atoms with Gasteiger partial charge >= 0.3 is 0 Å². The number of nitrogens with zero attached hydrogens (tertiary/aromatic N) is 1. The van der Waals surface area contributed by atoms with E-state index in [1.807, 2.05) is 18.2 Å². The minimum absolute atomic E-state index is 0.0968. The van der Waals surface area contributed by atoms with E-state index >= 15 is 0 Å². The molecule has 0 bridgehead atoms. The van der Waals surface area contributed by atoms with Crippen molar-refractivity contribution in [3.8, 4) is 11.5 Å². The Morgan fingerprint density at radius 1 is 1.10 bits per heavy atom. The molecule has 8 nitrogen and oxygen atoms in total. The molecule has 1 unspecified atom stereocenters. The van der Waals surface area contributed by atoms with E-state index in [1.165, 1.54) is 6.92 Å². The Balaban J connectivity index is 1.34. The molecule has 0 aromatic heterocycles. The van der Waals surface area contributed by atoms with Crippen molar-refractivity contribution in [3.63, 3.8) is 0 Å². The number of amides is 3. The zero-order valence-corrected chi connectivity index (χ0v) is 15.9. The van der Waals surface area contributed by atoms with Gasteiger partial charge in [-0.15, -0.1) is 0 Å². The van der Waals surface area contributed by atoms with Gasteiger partial charge in [-0.3, -0.25) is 14.4 Å². The molecule has 2 N–H and O–H groups in total. The Bertz CT molecular complexity index is 957. The molecule has 2 heterocycles. The van der Waals surface area contributed by atoms with Crippen LogP contribution in [-0.2, 0) is 20.9 Å². The first kappa shape index (κ1) is 18.8. The number of hydrogen-bond donors (Lipinski definition) is 2. The molecule has 1 saturated heterocycles. The molecule has 8 heteroatoms. The molecule has 0 aliphatic carbocycles. The van der Waals surface area contributed by atoms with Crippen LogP contribution in [0.15, 0.2) is 42.5 Å². The Hall–Kier alpha value is -3.55. The summed E-state index contributed by atoms with van der Waals surface area (Å²) >= 11 is 0. The summed E-state index contributed by atoms with van der Waals surface area (Å²) in [6.45, 7) is 2.32. The minimum atomic E-state index is -0.411. The predicted molar refractivity (Wildman–Crippen MR) is 106 cm³/mol. The third-order valence-electron chi connectivity index (χ3n) is 4.90. The lowest BCUT2D eigenvalue weighted by Crippen LogP contribution is -2.32. The fourth-order valence-corrected chi connectivity index (χ4v) is 3.45. The SMILES string of the molecule is CC(=O)Nc1ccc(N2CC(C(=O)NCc3ccc4c(c3)OCO4)CC2=O)cc1. The van der Waals surface area contributed by atoms with E-state index in [0.717, 1.165) is 5.56 Å². The highest BCUT2D eigenvalue weighted by molar-refractivity contribution is 6.00. The number of carbonyl (C=O) groups is 3. The van der Waals surface area contributed by atoms with Crippen molar-refractivity contribution in [2.75, 3.05) is 23.6 Å². The Kier molecular flexibility index (Phi) is 5.07. The van der Waals surface area contributed by atoms with Gasteiger partial charge in [0.1, 0.15) is 0 Å². The number of fused-ring (bicyclic) bond motifs is 1. The number of hydrogen-bond acceptors (Lipinski definition) is 5. The van der Waals surface area contributed by atoms with Crippen LogP contribution >= 0.6 is 0 Å². The van der Waals surface area contributed by atoms with E-state index in [4.69, 9.17) is 9.47 Å². The van der Waals surface area contributed by atoms with Crippen molar-refractivity contribution in [1.82, 2.24) is 5.32 Å². The van der Waals surface area contributed by atoms with Crippen LogP contribution in [0, 0.1) is 5.92 Å². The fraction of sp³-hybridized carbons (Fsp3) is 0.286. The summed E-state index contributed by atoms with van der Waals surface area (Å²) in [5, 5.41) is 5.58. The molecule has 1 atom stereocenters. The average Bonchev–Trinajstić information content (AvgIpc) is 3.32. The van der Waals surface area contributed by atoms with Gasteiger partial charge in [-0.2, -0.15) is 0 Å². The van der Waals surface area contributed by atoms with Crippen molar-refractivity contribution >= 4 is 29.1 Å². The second-order valence-corrected chi connectivity index (χ2v) is 7.04. The Morgan fingerprint density at radius 3 is 2.62 bits per heavy atom. The average molecular weight is 395 g/mol. The van der Waals surface area contributed by atoms with Gasteiger partial charge in [0, 0.05) is 37.8 Å². The maximum atomic E-state index is 12.6. The van der Waals surface area contributed by atoms with E-state index in [9.17, 15) is 14.4 Å². The van der Waals surface area contributed by atoms with Gasteiger partial charge in [0.25, 0.3) is 0 Å². The van der Waals surface area contributed by atoms with E-state index in [-0.39, 0.29) is 30.9 Å². The maximum absolute atomic E-state index is 12.6. The molecule has 2 aromatic rings. The second-order valence-electron chi connectivity index (χ2n) is 7.04. The molecule has 0 radical (unpaired) electrons. The second kappa shape index (κ2) is 7.83. The Morgan fingerprint density at radius 2 is 1.86 bits per heavy atom. The van der Waals surface area contributed by atoms with Gasteiger partial charge in [0.15, 0.2) is 11.5 Å². The number of rotatable bonds is 5. The number of ether oxygens (including phenoxy) is 2. The molecule has 1 fully saturated rings. The van der Waals surface area contributed by atoms with Gasteiger partial charge in [-0.25, -0.2) is 0 Å². The van der Waals surface area contributed by atoms with Crippen molar-refractivity contribution < 1.29 is 23.9 Å². The lowest BCUT2D eigenvalue weighted by Gasteiger charge is -2.17. The van der Waals surface area contributed by atoms with E-state index in [1.54, 1.807) is 29.2 Å². The topological polar surface area (TPSA) is 97.0 Å². The molecule has 2 aliphatic heterocycles. The molecule has 3 amide bonds. The van der Waals surface area contributed by atoms with Crippen molar-refractivity contribution in [2.24, 2.45) is 5.92 Å². The first-order valence-corrected chi connectivity index (χ1v) is 9.34. The van der Waals surface area contributed by atoms with Gasteiger partial charge in [0.05, 0.1) is 5.92 Å². The molecule has 29 heavy (non-hydrogen) atoms. The van der Waals surface area contributed by atoms with Gasteiger partial charge in [-0.1, -0.05) is 6.07 Å². The molecule has 0 spiro atoms. The number of anilines is 2. The summed E-state index contributed by atoms with van der Waals surface area (Å²) in [5.41, 5.74) is 2.26. The summed E-state index contributed by atoms with van der Waals surface area (Å²) in [7, 11) is 0. The molecule has 0 saturated carbocycles. The van der Waals surface area contributed by atoms with Crippen LogP contribution in [0.2, 0.25) is 0 Å². The van der Waals surface area contributed by atoms with Gasteiger partial charge in [0.2, 0.25) is 24.5 Å². The highest BCUT2D eigenvalue weighted by Gasteiger charge is 2.35. The number of benzene rings is 2. The van der Waals surface area contributed by atoms with Crippen molar-refractivity contribution in [3.05, 3.63) is 48.0 Å². The van der Waals surface area contributed by atoms with Crippen LogP contribution in [0.5, 0.6) is 11.5 Å². The predicted octanol–water partition coefficient (Wildman–Crippen LogP) is 2.04. The minimum Gasteiger partial charge on any atom is -0.454 e. The first-order valence-electron chi connectivity index (χ1n) is 9.34. The quantitative estimate of drug-likeness (QED) is 0.808. The molecular formula is C21H21N3O5. The fourth-order valence-electron chi connectivity index (χ4n) is 3.45. The maximum Gasteiger partial charge on any atom is 0.231 e. The van der Waals surface area contributed by atoms with Crippen LogP contribution in [0.25, 0.3) is 0 Å². The van der Waals surface area contributed by atoms with Crippen LogP contribution in [0.1, 0.15) is 18.9 Å². The smallest absolute Gasteiger partial charge is 0.231 e. The number of nitrogens with one attached hydrogen (secondary N) is 2. The van der Waals surface area contributed by atoms with Crippen molar-refractivity contribution in [1.29, 1.82) is 0 Å². The lowest BCUT2D eigenvalue weighted by molar-refractivity contribution is -0.126. The normalized spacial score (nSPS) is 17.3. The zero-order chi connectivity index (χ0) is 20.4. The third kappa shape index (κ3) is 4.16. The highest BCUT2D eigenvalue weighted by atomic mass is 16.7. The van der Waals surface area contributed by atoms with Crippen LogP contribution in [0.3, 0.4) is 0 Å². The van der Waals surface area contributed by atoms with E-state index < -0.39 is 5.92 Å². The number of carbonyl (C=O) groups excluding carboxylic acids is 3. The summed E-state index contributed by atoms with van der Waals surface area (Å²) in [5.74, 6) is 0.540. The lowest BCUT2D eigenvalue weighted by atomic mass is 10.1. The summed E-state index contributed by atoms with van der Waals surface area (Å²) in [4.78, 5) is 37.7. The molecule has 150 valence electrons. The first-order chi connectivity index (χ1) is 14.0. The van der Waals surface area contributed by atoms with Crippen LogP contribution in [0.4, 0.5) is 11.4 Å².